The van der Waals surface area contributed by atoms with Gasteiger partial charge in [0.15, 0.2) is 0 Å². The fourth-order valence-corrected chi connectivity index (χ4v) is 2.82. The summed E-state index contributed by atoms with van der Waals surface area (Å²) in [6.45, 7) is 0.365. The molecule has 0 bridgehead atoms. The molecule has 20 heavy (non-hydrogen) atoms. The van der Waals surface area contributed by atoms with Crippen molar-refractivity contribution in [1.29, 1.82) is 0 Å². The molecular weight excluding hydrogens is 258 g/mol. The van der Waals surface area contributed by atoms with Gasteiger partial charge in [-0.3, -0.25) is 0 Å². The maximum absolute atomic E-state index is 11.4. The molecule has 1 heterocycles. The third kappa shape index (κ3) is 3.19. The van der Waals surface area contributed by atoms with Crippen LogP contribution in [0.15, 0.2) is 12.3 Å². The lowest BCUT2D eigenvalue weighted by Crippen LogP contribution is -2.40. The molecule has 0 aliphatic heterocycles. The van der Waals surface area contributed by atoms with Gasteiger partial charge in [0.25, 0.3) is 0 Å². The number of nitrogens with two attached hydrogens (primary N) is 1. The Bertz CT molecular complexity index is 473. The lowest BCUT2D eigenvalue weighted by Gasteiger charge is -2.35. The standard InChI is InChI=1S/C14H21N3O3/c15-10-8-12(14(19)20)13(16-9-10)17(6-7-18)11-4-2-1-3-5-11/h8-9,11,18H,1-7,15H2,(H,19,20). The summed E-state index contributed by atoms with van der Waals surface area (Å²) < 4.78 is 0. The van der Waals surface area contributed by atoms with Gasteiger partial charge >= 0.3 is 5.97 Å². The number of aliphatic hydroxyl groups excluding tert-OH is 1. The van der Waals surface area contributed by atoms with E-state index < -0.39 is 5.97 Å². The first-order valence-corrected chi connectivity index (χ1v) is 6.99. The van der Waals surface area contributed by atoms with Crippen LogP contribution in [0.3, 0.4) is 0 Å². The summed E-state index contributed by atoms with van der Waals surface area (Å²) in [6, 6.07) is 1.67. The van der Waals surface area contributed by atoms with Crippen LogP contribution in [-0.4, -0.2) is 40.4 Å². The first kappa shape index (κ1) is 14.6. The van der Waals surface area contributed by atoms with Gasteiger partial charge in [-0.15, -0.1) is 0 Å². The van der Waals surface area contributed by atoms with E-state index in [-0.39, 0.29) is 18.2 Å². The Labute approximate surface area is 118 Å². The second-order valence-electron chi connectivity index (χ2n) is 5.15. The van der Waals surface area contributed by atoms with Crippen LogP contribution in [-0.2, 0) is 0 Å². The number of anilines is 2. The van der Waals surface area contributed by atoms with Gasteiger partial charge in [-0.25, -0.2) is 9.78 Å². The molecular formula is C14H21N3O3. The molecule has 0 spiro atoms. The number of aromatic carboxylic acids is 1. The molecule has 1 saturated carbocycles. The van der Waals surface area contributed by atoms with Crippen LogP contribution in [0.25, 0.3) is 0 Å². The van der Waals surface area contributed by atoms with E-state index in [2.05, 4.69) is 4.98 Å². The average molecular weight is 279 g/mol. The Hall–Kier alpha value is -1.82. The number of carboxylic acid groups (broad SMARTS) is 1. The Morgan fingerprint density at radius 3 is 2.70 bits per heavy atom. The molecule has 1 aliphatic rings. The van der Waals surface area contributed by atoms with Gasteiger partial charge in [-0.1, -0.05) is 19.3 Å². The lowest BCUT2D eigenvalue weighted by atomic mass is 9.94. The SMILES string of the molecule is Nc1cnc(N(CCO)C2CCCCC2)c(C(=O)O)c1. The fourth-order valence-electron chi connectivity index (χ4n) is 2.82. The number of rotatable bonds is 5. The molecule has 4 N–H and O–H groups in total. The number of nitrogen functional groups attached to an aromatic ring is 1. The molecule has 0 unspecified atom stereocenters. The first-order chi connectivity index (χ1) is 9.63. The van der Waals surface area contributed by atoms with Crippen molar-refractivity contribution in [2.75, 3.05) is 23.8 Å². The normalized spacial score (nSPS) is 16.1. The van der Waals surface area contributed by atoms with E-state index in [9.17, 15) is 15.0 Å². The number of hydrogen-bond donors (Lipinski definition) is 3. The van der Waals surface area contributed by atoms with Gasteiger partial charge in [-0.05, 0) is 18.9 Å². The number of pyridine rings is 1. The number of hydrogen-bond acceptors (Lipinski definition) is 5. The predicted octanol–water partition coefficient (Wildman–Crippen LogP) is 1.49. The van der Waals surface area contributed by atoms with Crippen molar-refractivity contribution in [3.05, 3.63) is 17.8 Å². The van der Waals surface area contributed by atoms with E-state index in [1.165, 1.54) is 18.7 Å². The average Bonchev–Trinajstić information content (AvgIpc) is 2.46. The minimum atomic E-state index is -1.04. The van der Waals surface area contributed by atoms with Crippen LogP contribution in [0.4, 0.5) is 11.5 Å². The zero-order valence-electron chi connectivity index (χ0n) is 11.5. The highest BCUT2D eigenvalue weighted by molar-refractivity contribution is 5.94. The second-order valence-corrected chi connectivity index (χ2v) is 5.15. The van der Waals surface area contributed by atoms with Crippen molar-refractivity contribution in [2.45, 2.75) is 38.1 Å². The van der Waals surface area contributed by atoms with Crippen molar-refractivity contribution in [1.82, 2.24) is 4.98 Å². The molecule has 0 amide bonds. The molecule has 1 aromatic rings. The molecule has 6 nitrogen and oxygen atoms in total. The summed E-state index contributed by atoms with van der Waals surface area (Å²) in [4.78, 5) is 17.5. The number of carboxylic acids is 1. The van der Waals surface area contributed by atoms with Gasteiger partial charge in [0.2, 0.25) is 0 Å². The maximum atomic E-state index is 11.4. The van der Waals surface area contributed by atoms with Crippen molar-refractivity contribution in [2.24, 2.45) is 0 Å². The van der Waals surface area contributed by atoms with Crippen molar-refractivity contribution in [3.8, 4) is 0 Å². The molecule has 0 saturated heterocycles. The Morgan fingerprint density at radius 2 is 2.10 bits per heavy atom. The van der Waals surface area contributed by atoms with Gasteiger partial charge in [0.1, 0.15) is 11.4 Å². The quantitative estimate of drug-likeness (QED) is 0.755. The molecule has 1 fully saturated rings. The minimum Gasteiger partial charge on any atom is -0.478 e. The molecule has 0 atom stereocenters. The fraction of sp³-hybridized carbons (Fsp3) is 0.571. The van der Waals surface area contributed by atoms with E-state index in [0.717, 1.165) is 25.7 Å². The van der Waals surface area contributed by atoms with E-state index in [1.54, 1.807) is 0 Å². The van der Waals surface area contributed by atoms with Gasteiger partial charge < -0.3 is 20.8 Å². The highest BCUT2D eigenvalue weighted by atomic mass is 16.4. The first-order valence-electron chi connectivity index (χ1n) is 6.99. The summed E-state index contributed by atoms with van der Waals surface area (Å²) in [7, 11) is 0. The van der Waals surface area contributed by atoms with Crippen LogP contribution in [0.1, 0.15) is 42.5 Å². The van der Waals surface area contributed by atoms with E-state index in [4.69, 9.17) is 5.73 Å². The molecule has 6 heteroatoms. The predicted molar refractivity (Wildman–Crippen MR) is 76.9 cm³/mol. The number of carbonyl (C=O) groups is 1. The molecule has 1 aromatic heterocycles. The Balaban J connectivity index is 2.35. The number of nitrogens with zero attached hydrogens (tertiary/aromatic N) is 2. The second kappa shape index (κ2) is 6.56. The number of aromatic nitrogens is 1. The smallest absolute Gasteiger partial charge is 0.339 e. The summed E-state index contributed by atoms with van der Waals surface area (Å²) >= 11 is 0. The molecule has 1 aliphatic carbocycles. The Kier molecular flexibility index (Phi) is 4.79. The topological polar surface area (TPSA) is 99.7 Å². The van der Waals surface area contributed by atoms with Crippen LogP contribution in [0.5, 0.6) is 0 Å². The van der Waals surface area contributed by atoms with Gasteiger partial charge in [0, 0.05) is 12.6 Å². The van der Waals surface area contributed by atoms with Crippen LogP contribution in [0.2, 0.25) is 0 Å². The third-order valence-corrected chi connectivity index (χ3v) is 3.75. The molecule has 110 valence electrons. The number of aliphatic hydroxyl groups is 1. The molecule has 0 radical (unpaired) electrons. The highest BCUT2D eigenvalue weighted by Gasteiger charge is 2.25. The van der Waals surface area contributed by atoms with E-state index in [1.807, 2.05) is 4.90 Å². The summed E-state index contributed by atoms with van der Waals surface area (Å²) in [6.07, 6.45) is 6.95. The zero-order chi connectivity index (χ0) is 14.5. The maximum Gasteiger partial charge on any atom is 0.339 e. The zero-order valence-corrected chi connectivity index (χ0v) is 11.5. The van der Waals surface area contributed by atoms with Crippen LogP contribution in [0, 0.1) is 0 Å². The van der Waals surface area contributed by atoms with Crippen molar-refractivity contribution >= 4 is 17.5 Å². The summed E-state index contributed by atoms with van der Waals surface area (Å²) in [5, 5.41) is 18.6. The third-order valence-electron chi connectivity index (χ3n) is 3.75. The summed E-state index contributed by atoms with van der Waals surface area (Å²) in [5.74, 6) is -0.633. The van der Waals surface area contributed by atoms with E-state index in [0.29, 0.717) is 18.1 Å². The highest BCUT2D eigenvalue weighted by Crippen LogP contribution is 2.28. The monoisotopic (exact) mass is 279 g/mol. The lowest BCUT2D eigenvalue weighted by molar-refractivity contribution is 0.0697. The Morgan fingerprint density at radius 1 is 1.40 bits per heavy atom. The van der Waals surface area contributed by atoms with Gasteiger partial charge in [-0.2, -0.15) is 0 Å². The van der Waals surface area contributed by atoms with Crippen molar-refractivity contribution in [3.63, 3.8) is 0 Å². The molecule has 2 rings (SSSR count). The van der Waals surface area contributed by atoms with Crippen molar-refractivity contribution < 1.29 is 15.0 Å². The van der Waals surface area contributed by atoms with Gasteiger partial charge in [0.05, 0.1) is 18.5 Å². The molecule has 0 aromatic carbocycles. The van der Waals surface area contributed by atoms with E-state index >= 15 is 0 Å². The largest absolute Gasteiger partial charge is 0.478 e. The summed E-state index contributed by atoms with van der Waals surface area (Å²) in [5.41, 5.74) is 6.06. The van der Waals surface area contributed by atoms with Crippen LogP contribution >= 0.6 is 0 Å². The minimum absolute atomic E-state index is 0.0262. The van der Waals surface area contributed by atoms with Crippen LogP contribution < -0.4 is 10.6 Å².